The summed E-state index contributed by atoms with van der Waals surface area (Å²) < 4.78 is 1.48. The second kappa shape index (κ2) is 7.41. The van der Waals surface area contributed by atoms with E-state index in [-0.39, 0.29) is 5.43 Å². The van der Waals surface area contributed by atoms with Crippen molar-refractivity contribution in [2.75, 3.05) is 0 Å². The zero-order valence-corrected chi connectivity index (χ0v) is 19.5. The summed E-state index contributed by atoms with van der Waals surface area (Å²) in [4.78, 5) is 0. The molecule has 0 amide bonds. The van der Waals surface area contributed by atoms with Crippen LogP contribution in [0.5, 0.6) is 0 Å². The third-order valence-electron chi connectivity index (χ3n) is 5.76. The van der Waals surface area contributed by atoms with Gasteiger partial charge in [0.05, 0.1) is 0 Å². The topological polar surface area (TPSA) is 0 Å². The summed E-state index contributed by atoms with van der Waals surface area (Å²) in [5.74, 6) is 0. The molecule has 0 heterocycles. The van der Waals surface area contributed by atoms with Gasteiger partial charge < -0.3 is 0 Å². The van der Waals surface area contributed by atoms with E-state index < -0.39 is 20.4 Å². The molecule has 0 saturated heterocycles. The number of hydrogen-bond acceptors (Lipinski definition) is 0. The van der Waals surface area contributed by atoms with Crippen LogP contribution in [0.2, 0.25) is 16.7 Å². The third-order valence-corrected chi connectivity index (χ3v) is 24.6. The van der Waals surface area contributed by atoms with Gasteiger partial charge in [0, 0.05) is 0 Å². The Labute approximate surface area is 165 Å². The van der Waals surface area contributed by atoms with Crippen LogP contribution in [0.15, 0.2) is 84.0 Å². The fourth-order valence-electron chi connectivity index (χ4n) is 4.37. The molecule has 1 unspecified atom stereocenters. The van der Waals surface area contributed by atoms with Gasteiger partial charge in [-0.3, -0.25) is 0 Å². The molecule has 26 heavy (non-hydrogen) atoms. The van der Waals surface area contributed by atoms with Gasteiger partial charge in [0.1, 0.15) is 0 Å². The number of rotatable bonds is 3. The Bertz CT molecular complexity index is 954. The van der Waals surface area contributed by atoms with Gasteiger partial charge in [0.2, 0.25) is 0 Å². The first-order valence-electron chi connectivity index (χ1n) is 9.47. The van der Waals surface area contributed by atoms with E-state index in [1.807, 2.05) is 0 Å². The summed E-state index contributed by atoms with van der Waals surface area (Å²) in [6.07, 6.45) is 7.84. The van der Waals surface area contributed by atoms with Crippen LogP contribution < -0.4 is 0 Å². The van der Waals surface area contributed by atoms with Crippen molar-refractivity contribution in [3.63, 3.8) is 0 Å². The second-order valence-electron chi connectivity index (χ2n) is 7.69. The molecule has 2 aliphatic carbocycles. The third kappa shape index (κ3) is 3.23. The Kier molecular flexibility index (Phi) is 5.17. The first-order valence-corrected chi connectivity index (χ1v) is 18.5. The average molecular weight is 434 g/mol. The maximum atomic E-state index is 2.65. The minimum absolute atomic E-state index is 0.269. The van der Waals surface area contributed by atoms with Crippen LogP contribution in [0, 0.1) is 0 Å². The second-order valence-corrected chi connectivity index (χ2v) is 25.9. The molecule has 0 N–H and O–H groups in total. The molecule has 2 aromatic carbocycles. The molecule has 0 aliphatic heterocycles. The average Bonchev–Trinajstić information content (AvgIpc) is 3.17. The standard InChI is InChI=1S/C15H11.C7H9.C2H6Si.Zr/c1-2-6-12(7-3-1)15-11-10-13-8-4-5-9-14(13)15;1-6-4-3-5-7(6)2;1-3-2;/h1-11H;3-5H,1-2H3;1-2H3;. The molecular formula is C24H26SiZr. The van der Waals surface area contributed by atoms with Crippen molar-refractivity contribution >= 4 is 11.0 Å². The zero-order chi connectivity index (χ0) is 18.3. The van der Waals surface area contributed by atoms with Gasteiger partial charge in [-0.1, -0.05) is 0 Å². The number of allylic oxidation sites excluding steroid dienone is 5. The van der Waals surface area contributed by atoms with Gasteiger partial charge in [-0.25, -0.2) is 0 Å². The number of benzene rings is 2. The Morgan fingerprint density at radius 2 is 1.38 bits per heavy atom. The SMILES string of the molecule is CC1=C[CH]([Zr]([CH]2C=C(c3ccccc3)c3ccccc32)=[Si](C)C)C=C1C. The van der Waals surface area contributed by atoms with Crippen molar-refractivity contribution < 1.29 is 20.4 Å². The molecule has 2 heteroatoms. The van der Waals surface area contributed by atoms with Gasteiger partial charge >= 0.3 is 166 Å². The van der Waals surface area contributed by atoms with Crippen molar-refractivity contribution in [2.24, 2.45) is 0 Å². The monoisotopic (exact) mass is 432 g/mol. The van der Waals surface area contributed by atoms with E-state index in [0.717, 1.165) is 3.63 Å². The number of hydrogen-bond donors (Lipinski definition) is 0. The van der Waals surface area contributed by atoms with Crippen LogP contribution in [0.3, 0.4) is 0 Å². The van der Waals surface area contributed by atoms with E-state index >= 15 is 0 Å². The van der Waals surface area contributed by atoms with Crippen molar-refractivity contribution in [1.82, 2.24) is 0 Å². The van der Waals surface area contributed by atoms with Crippen LogP contribution >= 0.6 is 0 Å². The molecule has 130 valence electrons. The summed E-state index contributed by atoms with van der Waals surface area (Å²) in [6, 6.07) is 20.2. The molecule has 0 fully saturated rings. The molecule has 0 spiro atoms. The quantitative estimate of drug-likeness (QED) is 0.470. The van der Waals surface area contributed by atoms with E-state index in [2.05, 4.69) is 99.8 Å². The fraction of sp³-hybridized carbons (Fsp3) is 0.250. The van der Waals surface area contributed by atoms with E-state index in [9.17, 15) is 0 Å². The van der Waals surface area contributed by atoms with Crippen molar-refractivity contribution in [3.8, 4) is 0 Å². The minimum atomic E-state index is -1.72. The maximum absolute atomic E-state index is 2.65. The van der Waals surface area contributed by atoms with E-state index in [1.165, 1.54) is 27.8 Å². The molecule has 0 nitrogen and oxygen atoms in total. The summed E-state index contributed by atoms with van der Waals surface area (Å²) >= 11 is -1.72. The summed E-state index contributed by atoms with van der Waals surface area (Å²) in [6.45, 7) is 9.72. The Morgan fingerprint density at radius 3 is 2.04 bits per heavy atom. The Morgan fingerprint density at radius 1 is 0.769 bits per heavy atom. The molecule has 0 aromatic heterocycles. The van der Waals surface area contributed by atoms with Gasteiger partial charge in [-0.2, -0.15) is 0 Å². The van der Waals surface area contributed by atoms with Gasteiger partial charge in [0.25, 0.3) is 0 Å². The predicted molar refractivity (Wildman–Crippen MR) is 111 cm³/mol. The van der Waals surface area contributed by atoms with Gasteiger partial charge in [-0.05, 0) is 0 Å². The Hall–Kier alpha value is -1.24. The molecule has 2 aromatic rings. The predicted octanol–water partition coefficient (Wildman–Crippen LogP) is 6.74. The van der Waals surface area contributed by atoms with Gasteiger partial charge in [0.15, 0.2) is 0 Å². The van der Waals surface area contributed by atoms with Crippen molar-refractivity contribution in [1.29, 1.82) is 0 Å². The van der Waals surface area contributed by atoms with Crippen molar-refractivity contribution in [3.05, 3.63) is 101 Å². The first kappa shape index (κ1) is 18.1. The molecule has 1 atom stereocenters. The first-order chi connectivity index (χ1) is 12.6. The summed E-state index contributed by atoms with van der Waals surface area (Å²) in [7, 11) is 0. The van der Waals surface area contributed by atoms with E-state index in [1.54, 1.807) is 5.56 Å². The molecular weight excluding hydrogens is 408 g/mol. The van der Waals surface area contributed by atoms with Crippen LogP contribution in [0.4, 0.5) is 0 Å². The molecule has 0 bridgehead atoms. The fourth-order valence-corrected chi connectivity index (χ4v) is 23.0. The van der Waals surface area contributed by atoms with Gasteiger partial charge in [-0.15, -0.1) is 0 Å². The summed E-state index contributed by atoms with van der Waals surface area (Å²) in [5.41, 5.74) is 8.67. The van der Waals surface area contributed by atoms with Crippen molar-refractivity contribution in [2.45, 2.75) is 34.2 Å². The van der Waals surface area contributed by atoms with Crippen LogP contribution in [0.1, 0.15) is 34.2 Å². The summed E-state index contributed by atoms with van der Waals surface area (Å²) in [5, 5.41) is 0. The molecule has 4 rings (SSSR count). The van der Waals surface area contributed by atoms with Crippen LogP contribution in [-0.2, 0) is 20.4 Å². The molecule has 0 radical (unpaired) electrons. The van der Waals surface area contributed by atoms with Crippen LogP contribution in [-0.4, -0.2) is 5.43 Å². The van der Waals surface area contributed by atoms with E-state index in [4.69, 9.17) is 0 Å². The zero-order valence-electron chi connectivity index (χ0n) is 16.1. The normalized spacial score (nSPS) is 18.9. The Balaban J connectivity index is 1.86. The van der Waals surface area contributed by atoms with Crippen LogP contribution in [0.25, 0.3) is 5.57 Å². The van der Waals surface area contributed by atoms with E-state index in [0.29, 0.717) is 3.63 Å². The molecule has 2 aliphatic rings. The number of fused-ring (bicyclic) bond motifs is 1. The molecule has 0 saturated carbocycles.